The predicted molar refractivity (Wildman–Crippen MR) is 106 cm³/mol. The molecule has 1 amide bonds. The third kappa shape index (κ3) is 4.19. The Morgan fingerprint density at radius 2 is 1.93 bits per heavy atom. The summed E-state index contributed by atoms with van der Waals surface area (Å²) in [5.41, 5.74) is 3.10. The minimum Gasteiger partial charge on any atom is -0.332 e. The average molecular weight is 364 g/mol. The van der Waals surface area contributed by atoms with Crippen LogP contribution in [0.5, 0.6) is 0 Å². The van der Waals surface area contributed by atoms with Crippen LogP contribution in [0, 0.1) is 5.92 Å². The van der Waals surface area contributed by atoms with Gasteiger partial charge in [0.05, 0.1) is 12.2 Å². The number of likely N-dealkylation sites (tertiary alicyclic amines) is 1. The Hall–Kier alpha value is -2.27. The highest BCUT2D eigenvalue weighted by Crippen LogP contribution is 2.27. The van der Waals surface area contributed by atoms with Crippen LogP contribution < -0.4 is 0 Å². The number of carbonyl (C=O) groups excluding carboxylic acids is 1. The molecule has 0 saturated carbocycles. The Labute approximate surface area is 161 Å². The molecule has 1 saturated heterocycles. The first-order chi connectivity index (χ1) is 13.2. The van der Waals surface area contributed by atoms with Gasteiger partial charge in [-0.2, -0.15) is 0 Å². The van der Waals surface area contributed by atoms with E-state index in [4.69, 9.17) is 4.98 Å². The Kier molecular flexibility index (Phi) is 5.48. The Bertz CT molecular complexity index is 784. The standard InChI is InChI=1S/C22H28N4O/c1-2-10-25-11-8-17(9-12-25)13-21(27)26-15-19-14-23-22(24-20(19)16-26)18-6-4-3-5-7-18/h3-7,14,17H,2,8-13,15-16H2,1H3. The predicted octanol–water partition coefficient (Wildman–Crippen LogP) is 3.50. The molecule has 2 aliphatic heterocycles. The molecule has 0 unspecified atom stereocenters. The molecule has 0 bridgehead atoms. The minimum absolute atomic E-state index is 0.267. The van der Waals surface area contributed by atoms with E-state index in [9.17, 15) is 4.79 Å². The summed E-state index contributed by atoms with van der Waals surface area (Å²) in [5.74, 6) is 1.54. The average Bonchev–Trinajstić information content (AvgIpc) is 3.14. The molecular formula is C22H28N4O. The highest BCUT2D eigenvalue weighted by molar-refractivity contribution is 5.77. The van der Waals surface area contributed by atoms with Crippen molar-refractivity contribution in [2.75, 3.05) is 19.6 Å². The van der Waals surface area contributed by atoms with Gasteiger partial charge >= 0.3 is 0 Å². The van der Waals surface area contributed by atoms with Crippen molar-refractivity contribution in [2.45, 2.75) is 45.7 Å². The van der Waals surface area contributed by atoms with E-state index in [0.29, 0.717) is 25.4 Å². The van der Waals surface area contributed by atoms with Crippen molar-refractivity contribution in [3.8, 4) is 11.4 Å². The third-order valence-electron chi connectivity index (χ3n) is 5.75. The molecule has 5 nitrogen and oxygen atoms in total. The summed E-state index contributed by atoms with van der Waals surface area (Å²) < 4.78 is 0. The van der Waals surface area contributed by atoms with E-state index in [0.717, 1.165) is 48.6 Å². The van der Waals surface area contributed by atoms with Gasteiger partial charge < -0.3 is 9.80 Å². The maximum Gasteiger partial charge on any atom is 0.223 e. The molecular weight excluding hydrogens is 336 g/mol. The second-order valence-electron chi connectivity index (χ2n) is 7.77. The zero-order chi connectivity index (χ0) is 18.6. The molecule has 1 fully saturated rings. The fourth-order valence-corrected chi connectivity index (χ4v) is 4.16. The van der Waals surface area contributed by atoms with Crippen LogP contribution >= 0.6 is 0 Å². The van der Waals surface area contributed by atoms with Gasteiger partial charge in [0.2, 0.25) is 5.91 Å². The van der Waals surface area contributed by atoms with Gasteiger partial charge in [0.25, 0.3) is 0 Å². The van der Waals surface area contributed by atoms with Crippen LogP contribution in [0.2, 0.25) is 0 Å². The number of aromatic nitrogens is 2. The van der Waals surface area contributed by atoms with Gasteiger partial charge in [-0.25, -0.2) is 9.97 Å². The molecule has 3 heterocycles. The lowest BCUT2D eigenvalue weighted by molar-refractivity contribution is -0.133. The molecule has 0 N–H and O–H groups in total. The van der Waals surface area contributed by atoms with E-state index in [1.54, 1.807) is 0 Å². The van der Waals surface area contributed by atoms with Crippen LogP contribution in [0.3, 0.4) is 0 Å². The van der Waals surface area contributed by atoms with Crippen molar-refractivity contribution in [2.24, 2.45) is 5.92 Å². The SMILES string of the molecule is CCCN1CCC(CC(=O)N2Cc3cnc(-c4ccccc4)nc3C2)CC1. The highest BCUT2D eigenvalue weighted by atomic mass is 16.2. The quantitative estimate of drug-likeness (QED) is 0.815. The van der Waals surface area contributed by atoms with E-state index >= 15 is 0 Å². The molecule has 27 heavy (non-hydrogen) atoms. The summed E-state index contributed by atoms with van der Waals surface area (Å²) in [7, 11) is 0. The number of hydrogen-bond acceptors (Lipinski definition) is 4. The van der Waals surface area contributed by atoms with E-state index in [1.807, 2.05) is 41.4 Å². The summed E-state index contributed by atoms with van der Waals surface area (Å²) in [4.78, 5) is 26.5. The number of benzene rings is 1. The molecule has 1 aromatic heterocycles. The topological polar surface area (TPSA) is 49.3 Å². The van der Waals surface area contributed by atoms with Crippen LogP contribution in [0.25, 0.3) is 11.4 Å². The highest BCUT2D eigenvalue weighted by Gasteiger charge is 2.28. The summed E-state index contributed by atoms with van der Waals surface area (Å²) in [6.45, 7) is 6.95. The molecule has 0 radical (unpaired) electrons. The summed E-state index contributed by atoms with van der Waals surface area (Å²) in [5, 5.41) is 0. The van der Waals surface area contributed by atoms with E-state index in [2.05, 4.69) is 16.8 Å². The summed E-state index contributed by atoms with van der Waals surface area (Å²) in [6, 6.07) is 10.0. The maximum absolute atomic E-state index is 12.8. The van der Waals surface area contributed by atoms with Gasteiger partial charge in [-0.1, -0.05) is 37.3 Å². The zero-order valence-corrected chi connectivity index (χ0v) is 16.1. The number of hydrogen-bond donors (Lipinski definition) is 0. The molecule has 2 aliphatic rings. The third-order valence-corrected chi connectivity index (χ3v) is 5.75. The monoisotopic (exact) mass is 364 g/mol. The van der Waals surface area contributed by atoms with Gasteiger partial charge in [-0.05, 0) is 44.8 Å². The van der Waals surface area contributed by atoms with E-state index in [-0.39, 0.29) is 5.91 Å². The number of fused-ring (bicyclic) bond motifs is 1. The number of amides is 1. The van der Waals surface area contributed by atoms with E-state index < -0.39 is 0 Å². The smallest absolute Gasteiger partial charge is 0.223 e. The van der Waals surface area contributed by atoms with Crippen LogP contribution in [0.15, 0.2) is 36.5 Å². The normalized spacial score (nSPS) is 17.9. The lowest BCUT2D eigenvalue weighted by Crippen LogP contribution is -2.36. The van der Waals surface area contributed by atoms with Gasteiger partial charge in [0.1, 0.15) is 0 Å². The van der Waals surface area contributed by atoms with E-state index in [1.165, 1.54) is 13.0 Å². The van der Waals surface area contributed by atoms with Gasteiger partial charge in [-0.3, -0.25) is 4.79 Å². The Balaban J connectivity index is 1.35. The molecule has 4 rings (SSSR count). The fourth-order valence-electron chi connectivity index (χ4n) is 4.16. The van der Waals surface area contributed by atoms with Crippen molar-refractivity contribution in [3.05, 3.63) is 47.8 Å². The Morgan fingerprint density at radius 3 is 2.67 bits per heavy atom. The lowest BCUT2D eigenvalue weighted by atomic mass is 9.93. The first-order valence-electron chi connectivity index (χ1n) is 10.1. The number of piperidine rings is 1. The first kappa shape index (κ1) is 18.1. The van der Waals surface area contributed by atoms with Crippen molar-refractivity contribution in [3.63, 3.8) is 0 Å². The number of carbonyl (C=O) groups is 1. The molecule has 5 heteroatoms. The van der Waals surface area contributed by atoms with Crippen molar-refractivity contribution >= 4 is 5.91 Å². The zero-order valence-electron chi connectivity index (χ0n) is 16.1. The first-order valence-corrected chi connectivity index (χ1v) is 10.1. The van der Waals surface area contributed by atoms with Crippen molar-refractivity contribution in [1.82, 2.24) is 19.8 Å². The van der Waals surface area contributed by atoms with Gasteiger partial charge in [0.15, 0.2) is 5.82 Å². The second-order valence-corrected chi connectivity index (χ2v) is 7.77. The molecule has 142 valence electrons. The molecule has 2 aromatic rings. The Morgan fingerprint density at radius 1 is 1.15 bits per heavy atom. The molecule has 0 spiro atoms. The molecule has 0 atom stereocenters. The van der Waals surface area contributed by atoms with Gasteiger partial charge in [0, 0.05) is 30.3 Å². The van der Waals surface area contributed by atoms with Crippen molar-refractivity contribution in [1.29, 1.82) is 0 Å². The lowest BCUT2D eigenvalue weighted by Gasteiger charge is -2.32. The van der Waals surface area contributed by atoms with Crippen LogP contribution in [0.4, 0.5) is 0 Å². The maximum atomic E-state index is 12.8. The fraction of sp³-hybridized carbons (Fsp3) is 0.500. The number of rotatable bonds is 5. The largest absolute Gasteiger partial charge is 0.332 e. The van der Waals surface area contributed by atoms with Gasteiger partial charge in [-0.15, -0.1) is 0 Å². The summed E-state index contributed by atoms with van der Waals surface area (Å²) in [6.07, 6.45) is 6.06. The van der Waals surface area contributed by atoms with Crippen LogP contribution in [-0.2, 0) is 17.9 Å². The molecule has 1 aromatic carbocycles. The van der Waals surface area contributed by atoms with Crippen LogP contribution in [0.1, 0.15) is 43.9 Å². The van der Waals surface area contributed by atoms with Crippen LogP contribution in [-0.4, -0.2) is 45.3 Å². The number of nitrogens with zero attached hydrogens (tertiary/aromatic N) is 4. The van der Waals surface area contributed by atoms with Crippen molar-refractivity contribution < 1.29 is 4.79 Å². The second kappa shape index (κ2) is 8.17. The molecule has 0 aliphatic carbocycles. The minimum atomic E-state index is 0.267. The summed E-state index contributed by atoms with van der Waals surface area (Å²) >= 11 is 0.